The zero-order valence-corrected chi connectivity index (χ0v) is 15.9. The van der Waals surface area contributed by atoms with E-state index in [4.69, 9.17) is 0 Å². The van der Waals surface area contributed by atoms with Crippen LogP contribution in [0.25, 0.3) is 0 Å². The van der Waals surface area contributed by atoms with Crippen molar-refractivity contribution in [2.45, 2.75) is 31.7 Å². The first-order valence-electron chi connectivity index (χ1n) is 9.34. The molecule has 0 aromatic heterocycles. The van der Waals surface area contributed by atoms with E-state index in [-0.39, 0.29) is 18.4 Å². The number of amides is 2. The highest BCUT2D eigenvalue weighted by Crippen LogP contribution is 2.23. The lowest BCUT2D eigenvalue weighted by atomic mass is 9.82. The van der Waals surface area contributed by atoms with E-state index in [9.17, 15) is 19.5 Å². The van der Waals surface area contributed by atoms with Crippen molar-refractivity contribution >= 4 is 17.8 Å². The lowest BCUT2D eigenvalue weighted by Crippen LogP contribution is -2.44. The number of carboxylic acids is 1. The molecule has 1 aliphatic heterocycles. The Bertz CT molecular complexity index is 881. The second-order valence-corrected chi connectivity index (χ2v) is 7.31. The summed E-state index contributed by atoms with van der Waals surface area (Å²) in [6, 6.07) is 16.0. The molecule has 0 saturated carbocycles. The molecular weight excluding hydrogens is 356 g/mol. The summed E-state index contributed by atoms with van der Waals surface area (Å²) in [4.78, 5) is 38.1. The highest BCUT2D eigenvalue weighted by atomic mass is 16.4. The standard InChI is InChI=1S/C22H24N2O4/c1-22(21(27)28,18-9-3-2-4-10-18)15-23-20(26)17-8-5-7-16(13-17)14-24-12-6-11-19(24)25/h2-5,7-10,13H,6,11-12,14-15H2,1H3,(H,23,26)(H,27,28). The molecule has 6 nitrogen and oxygen atoms in total. The summed E-state index contributed by atoms with van der Waals surface area (Å²) in [7, 11) is 0. The van der Waals surface area contributed by atoms with E-state index in [0.29, 0.717) is 24.1 Å². The summed E-state index contributed by atoms with van der Waals surface area (Å²) in [6.07, 6.45) is 1.44. The first kappa shape index (κ1) is 19.6. The average molecular weight is 380 g/mol. The summed E-state index contributed by atoms with van der Waals surface area (Å²) >= 11 is 0. The molecule has 0 radical (unpaired) electrons. The lowest BCUT2D eigenvalue weighted by molar-refractivity contribution is -0.143. The Hall–Kier alpha value is -3.15. The van der Waals surface area contributed by atoms with Crippen LogP contribution in [0.2, 0.25) is 0 Å². The minimum Gasteiger partial charge on any atom is -0.481 e. The fourth-order valence-corrected chi connectivity index (χ4v) is 3.37. The molecule has 1 heterocycles. The molecule has 146 valence electrons. The van der Waals surface area contributed by atoms with Crippen molar-refractivity contribution in [3.63, 3.8) is 0 Å². The minimum absolute atomic E-state index is 0.0278. The van der Waals surface area contributed by atoms with E-state index in [1.165, 1.54) is 0 Å². The van der Waals surface area contributed by atoms with Crippen LogP contribution < -0.4 is 5.32 Å². The molecule has 0 bridgehead atoms. The molecular formula is C22H24N2O4. The maximum atomic E-state index is 12.6. The summed E-state index contributed by atoms with van der Waals surface area (Å²) < 4.78 is 0. The Balaban J connectivity index is 1.69. The van der Waals surface area contributed by atoms with Gasteiger partial charge in [-0.05, 0) is 36.6 Å². The van der Waals surface area contributed by atoms with E-state index >= 15 is 0 Å². The van der Waals surface area contributed by atoms with E-state index < -0.39 is 11.4 Å². The number of hydrogen-bond acceptors (Lipinski definition) is 3. The Morgan fingerprint density at radius 1 is 1.14 bits per heavy atom. The number of rotatable bonds is 7. The summed E-state index contributed by atoms with van der Waals surface area (Å²) in [5.41, 5.74) is 0.734. The smallest absolute Gasteiger partial charge is 0.315 e. The van der Waals surface area contributed by atoms with Crippen molar-refractivity contribution in [1.29, 1.82) is 0 Å². The van der Waals surface area contributed by atoms with Crippen molar-refractivity contribution in [3.05, 3.63) is 71.3 Å². The van der Waals surface area contributed by atoms with E-state index in [0.717, 1.165) is 18.5 Å². The van der Waals surface area contributed by atoms with Crippen LogP contribution in [0.3, 0.4) is 0 Å². The first-order valence-corrected chi connectivity index (χ1v) is 9.34. The van der Waals surface area contributed by atoms with Gasteiger partial charge in [0.05, 0.1) is 0 Å². The molecule has 1 aliphatic rings. The third kappa shape index (κ3) is 4.22. The first-order chi connectivity index (χ1) is 13.4. The fraction of sp³-hybridized carbons (Fsp3) is 0.318. The molecule has 2 aromatic rings. The van der Waals surface area contributed by atoms with Crippen molar-refractivity contribution < 1.29 is 19.5 Å². The quantitative estimate of drug-likeness (QED) is 0.773. The highest BCUT2D eigenvalue weighted by Gasteiger charge is 2.35. The molecule has 1 atom stereocenters. The van der Waals surface area contributed by atoms with Crippen LogP contribution in [0.5, 0.6) is 0 Å². The van der Waals surface area contributed by atoms with E-state index in [2.05, 4.69) is 5.32 Å². The number of aliphatic carboxylic acids is 1. The van der Waals surface area contributed by atoms with Crippen molar-refractivity contribution in [2.75, 3.05) is 13.1 Å². The van der Waals surface area contributed by atoms with Gasteiger partial charge in [0, 0.05) is 31.6 Å². The number of benzene rings is 2. The molecule has 0 aliphatic carbocycles. The zero-order chi connectivity index (χ0) is 20.1. The lowest BCUT2D eigenvalue weighted by Gasteiger charge is -2.25. The molecule has 2 amide bonds. The molecule has 1 unspecified atom stereocenters. The summed E-state index contributed by atoms with van der Waals surface area (Å²) in [6.45, 7) is 2.79. The Labute approximate surface area is 164 Å². The average Bonchev–Trinajstić information content (AvgIpc) is 3.11. The minimum atomic E-state index is -1.23. The summed E-state index contributed by atoms with van der Waals surface area (Å²) in [5.74, 6) is -1.20. The van der Waals surface area contributed by atoms with Gasteiger partial charge in [-0.2, -0.15) is 0 Å². The van der Waals surface area contributed by atoms with Gasteiger partial charge in [0.1, 0.15) is 5.41 Å². The van der Waals surface area contributed by atoms with Gasteiger partial charge in [-0.15, -0.1) is 0 Å². The highest BCUT2D eigenvalue weighted by molar-refractivity contribution is 5.95. The van der Waals surface area contributed by atoms with Crippen LogP contribution in [0.15, 0.2) is 54.6 Å². The molecule has 0 spiro atoms. The third-order valence-electron chi connectivity index (χ3n) is 5.22. The third-order valence-corrected chi connectivity index (χ3v) is 5.22. The van der Waals surface area contributed by atoms with Crippen LogP contribution in [-0.2, 0) is 21.5 Å². The summed E-state index contributed by atoms with van der Waals surface area (Å²) in [5, 5.41) is 12.5. The van der Waals surface area contributed by atoms with E-state index in [1.807, 2.05) is 12.1 Å². The van der Waals surface area contributed by atoms with Gasteiger partial charge in [0.15, 0.2) is 0 Å². The van der Waals surface area contributed by atoms with Gasteiger partial charge in [0.25, 0.3) is 5.91 Å². The van der Waals surface area contributed by atoms with Crippen LogP contribution in [0.4, 0.5) is 0 Å². The van der Waals surface area contributed by atoms with Gasteiger partial charge in [-0.1, -0.05) is 42.5 Å². The molecule has 28 heavy (non-hydrogen) atoms. The second kappa shape index (κ2) is 8.25. The van der Waals surface area contributed by atoms with Crippen LogP contribution >= 0.6 is 0 Å². The predicted octanol–water partition coefficient (Wildman–Crippen LogP) is 2.58. The molecule has 2 N–H and O–H groups in total. The zero-order valence-electron chi connectivity index (χ0n) is 15.9. The molecule has 6 heteroatoms. The van der Waals surface area contributed by atoms with Crippen molar-refractivity contribution in [2.24, 2.45) is 0 Å². The van der Waals surface area contributed by atoms with Crippen molar-refractivity contribution in [3.8, 4) is 0 Å². The van der Waals surface area contributed by atoms with Gasteiger partial charge in [-0.25, -0.2) is 0 Å². The predicted molar refractivity (Wildman–Crippen MR) is 105 cm³/mol. The van der Waals surface area contributed by atoms with Gasteiger partial charge in [0.2, 0.25) is 5.91 Å². The SMILES string of the molecule is CC(CNC(=O)c1cccc(CN2CCCC2=O)c1)(C(=O)O)c1ccccc1. The largest absolute Gasteiger partial charge is 0.481 e. The maximum absolute atomic E-state index is 12.6. The monoisotopic (exact) mass is 380 g/mol. The van der Waals surface area contributed by atoms with Crippen LogP contribution in [0, 0.1) is 0 Å². The molecule has 1 fully saturated rings. The van der Waals surface area contributed by atoms with Gasteiger partial charge in [-0.3, -0.25) is 14.4 Å². The number of nitrogens with one attached hydrogen (secondary N) is 1. The topological polar surface area (TPSA) is 86.7 Å². The van der Waals surface area contributed by atoms with Gasteiger partial charge >= 0.3 is 5.97 Å². The number of carbonyl (C=O) groups is 3. The Morgan fingerprint density at radius 2 is 1.89 bits per heavy atom. The number of carbonyl (C=O) groups excluding carboxylic acids is 2. The molecule has 2 aromatic carbocycles. The Kier molecular flexibility index (Phi) is 5.78. The number of carboxylic acid groups (broad SMARTS) is 1. The maximum Gasteiger partial charge on any atom is 0.315 e. The van der Waals surface area contributed by atoms with Gasteiger partial charge < -0.3 is 15.3 Å². The Morgan fingerprint density at radius 3 is 2.54 bits per heavy atom. The van der Waals surface area contributed by atoms with Crippen LogP contribution in [-0.4, -0.2) is 40.9 Å². The number of nitrogens with zero attached hydrogens (tertiary/aromatic N) is 1. The van der Waals surface area contributed by atoms with Crippen molar-refractivity contribution in [1.82, 2.24) is 10.2 Å². The van der Waals surface area contributed by atoms with E-state index in [1.54, 1.807) is 54.3 Å². The van der Waals surface area contributed by atoms with Crippen LogP contribution in [0.1, 0.15) is 41.3 Å². The number of hydrogen-bond donors (Lipinski definition) is 2. The normalized spacial score (nSPS) is 15.9. The second-order valence-electron chi connectivity index (χ2n) is 7.31. The fourth-order valence-electron chi connectivity index (χ4n) is 3.37. The molecule has 3 rings (SSSR count). The number of likely N-dealkylation sites (tertiary alicyclic amines) is 1. The molecule has 1 saturated heterocycles.